The Kier molecular flexibility index (Phi) is 5.00. The van der Waals surface area contributed by atoms with Gasteiger partial charge in [-0.3, -0.25) is 9.59 Å². The summed E-state index contributed by atoms with van der Waals surface area (Å²) < 4.78 is 0. The van der Waals surface area contributed by atoms with Gasteiger partial charge >= 0.3 is 0 Å². The molecule has 0 heterocycles. The van der Waals surface area contributed by atoms with Crippen LogP contribution in [0.3, 0.4) is 0 Å². The molecule has 1 fully saturated rings. The number of hydrogen-bond acceptors (Lipinski definition) is 2. The average molecular weight is 264 g/mol. The summed E-state index contributed by atoms with van der Waals surface area (Å²) in [5.41, 5.74) is 1.47. The molecule has 2 aliphatic rings. The predicted molar refractivity (Wildman–Crippen MR) is 74.6 cm³/mol. The molecule has 2 amide bonds. The molecule has 0 aromatic heterocycles. The van der Waals surface area contributed by atoms with Crippen molar-refractivity contribution < 1.29 is 9.59 Å². The Morgan fingerprint density at radius 2 is 2.16 bits per heavy atom. The molecule has 0 atom stereocenters. The van der Waals surface area contributed by atoms with Gasteiger partial charge in [0.1, 0.15) is 0 Å². The lowest BCUT2D eigenvalue weighted by atomic mass is 9.97. The first-order valence-corrected chi connectivity index (χ1v) is 7.38. The van der Waals surface area contributed by atoms with Crippen LogP contribution < -0.4 is 5.32 Å². The second kappa shape index (κ2) is 6.73. The van der Waals surface area contributed by atoms with Gasteiger partial charge in [0, 0.05) is 19.5 Å². The van der Waals surface area contributed by atoms with Gasteiger partial charge in [-0.15, -0.1) is 0 Å². The van der Waals surface area contributed by atoms with Crippen molar-refractivity contribution >= 4 is 11.8 Å². The quantitative estimate of drug-likeness (QED) is 0.746. The summed E-state index contributed by atoms with van der Waals surface area (Å²) in [7, 11) is 0. The Labute approximate surface area is 115 Å². The van der Waals surface area contributed by atoms with Gasteiger partial charge in [-0.1, -0.05) is 11.6 Å². The van der Waals surface area contributed by atoms with Crippen LogP contribution in [0.2, 0.25) is 0 Å². The fourth-order valence-electron chi connectivity index (χ4n) is 2.59. The third kappa shape index (κ3) is 4.69. The summed E-state index contributed by atoms with van der Waals surface area (Å²) in [4.78, 5) is 24.9. The van der Waals surface area contributed by atoms with E-state index < -0.39 is 0 Å². The van der Waals surface area contributed by atoms with Crippen LogP contribution in [0.15, 0.2) is 11.6 Å². The van der Waals surface area contributed by atoms with Crippen LogP contribution in [0, 0.1) is 0 Å². The van der Waals surface area contributed by atoms with E-state index in [1.165, 1.54) is 31.3 Å². The van der Waals surface area contributed by atoms with Gasteiger partial charge in [-0.05, 0) is 44.9 Å². The maximum atomic E-state index is 11.8. The molecule has 1 N–H and O–H groups in total. The van der Waals surface area contributed by atoms with Gasteiger partial charge in [0.2, 0.25) is 11.8 Å². The van der Waals surface area contributed by atoms with Crippen LogP contribution in [-0.4, -0.2) is 35.8 Å². The molecule has 4 heteroatoms. The van der Waals surface area contributed by atoms with Gasteiger partial charge in [-0.25, -0.2) is 0 Å². The van der Waals surface area contributed by atoms with Crippen molar-refractivity contribution in [2.24, 2.45) is 0 Å². The maximum absolute atomic E-state index is 11.8. The van der Waals surface area contributed by atoms with Crippen LogP contribution in [0.5, 0.6) is 0 Å². The molecule has 0 saturated heterocycles. The van der Waals surface area contributed by atoms with Crippen LogP contribution in [0.4, 0.5) is 0 Å². The molecule has 2 rings (SSSR count). The zero-order valence-electron chi connectivity index (χ0n) is 11.8. The zero-order valence-corrected chi connectivity index (χ0v) is 11.8. The largest absolute Gasteiger partial charge is 0.354 e. The Hall–Kier alpha value is -1.32. The number of hydrogen-bond donors (Lipinski definition) is 1. The summed E-state index contributed by atoms with van der Waals surface area (Å²) in [6.45, 7) is 2.46. The number of carbonyl (C=O) groups is 2. The van der Waals surface area contributed by atoms with Crippen LogP contribution in [0.1, 0.15) is 51.9 Å². The summed E-state index contributed by atoms with van der Waals surface area (Å²) >= 11 is 0. The van der Waals surface area contributed by atoms with Gasteiger partial charge in [-0.2, -0.15) is 0 Å². The van der Waals surface area contributed by atoms with Crippen molar-refractivity contribution in [3.63, 3.8) is 0 Å². The lowest BCUT2D eigenvalue weighted by molar-refractivity contribution is -0.134. The SMILES string of the molecule is CC(=O)N(CC(=O)NCCC1=CCCCC1)C1CC1. The first-order chi connectivity index (χ1) is 9.16. The molecular formula is C15H24N2O2. The van der Waals surface area contributed by atoms with Gasteiger partial charge in [0.15, 0.2) is 0 Å². The zero-order chi connectivity index (χ0) is 13.7. The maximum Gasteiger partial charge on any atom is 0.239 e. The fourth-order valence-corrected chi connectivity index (χ4v) is 2.59. The molecule has 4 nitrogen and oxygen atoms in total. The van der Waals surface area contributed by atoms with Crippen molar-refractivity contribution in [3.05, 3.63) is 11.6 Å². The minimum atomic E-state index is -0.0292. The highest BCUT2D eigenvalue weighted by atomic mass is 16.2. The Morgan fingerprint density at radius 3 is 2.74 bits per heavy atom. The summed E-state index contributed by atoms with van der Waals surface area (Å²) in [6.07, 6.45) is 10.3. The third-order valence-corrected chi connectivity index (χ3v) is 3.86. The van der Waals surface area contributed by atoms with E-state index in [0.29, 0.717) is 12.6 Å². The standard InChI is InChI=1S/C15H24N2O2/c1-12(18)17(14-7-8-14)11-15(19)16-10-9-13-5-3-2-4-6-13/h5,14H,2-4,6-11H2,1H3,(H,16,19). The van der Waals surface area contributed by atoms with Crippen LogP contribution >= 0.6 is 0 Å². The molecule has 19 heavy (non-hydrogen) atoms. The average Bonchev–Trinajstić information content (AvgIpc) is 3.21. The smallest absolute Gasteiger partial charge is 0.239 e. The minimum absolute atomic E-state index is 0.00707. The van der Waals surface area contributed by atoms with Crippen LogP contribution in [-0.2, 0) is 9.59 Å². The van der Waals surface area contributed by atoms with E-state index in [-0.39, 0.29) is 18.4 Å². The highest BCUT2D eigenvalue weighted by Crippen LogP contribution is 2.26. The number of nitrogens with one attached hydrogen (secondary N) is 1. The second-order valence-electron chi connectivity index (χ2n) is 5.59. The summed E-state index contributed by atoms with van der Waals surface area (Å²) in [6, 6.07) is 0.310. The molecule has 1 saturated carbocycles. The monoisotopic (exact) mass is 264 g/mol. The van der Waals surface area contributed by atoms with Crippen molar-refractivity contribution in [3.8, 4) is 0 Å². The van der Waals surface area contributed by atoms with Crippen molar-refractivity contribution in [2.75, 3.05) is 13.1 Å². The first kappa shape index (κ1) is 14.1. The number of allylic oxidation sites excluding steroid dienone is 1. The lowest BCUT2D eigenvalue weighted by Gasteiger charge is -2.20. The van der Waals surface area contributed by atoms with E-state index in [4.69, 9.17) is 0 Å². The lowest BCUT2D eigenvalue weighted by Crippen LogP contribution is -2.41. The van der Waals surface area contributed by atoms with E-state index in [0.717, 1.165) is 19.3 Å². The Morgan fingerprint density at radius 1 is 1.37 bits per heavy atom. The molecule has 0 unspecified atom stereocenters. The second-order valence-corrected chi connectivity index (χ2v) is 5.59. The molecular weight excluding hydrogens is 240 g/mol. The highest BCUT2D eigenvalue weighted by Gasteiger charge is 2.31. The molecule has 0 aromatic carbocycles. The third-order valence-electron chi connectivity index (χ3n) is 3.86. The molecule has 0 aromatic rings. The van der Waals surface area contributed by atoms with E-state index in [9.17, 15) is 9.59 Å². The normalized spacial score (nSPS) is 18.7. The Bertz CT molecular complexity index is 372. The molecule has 2 aliphatic carbocycles. The van der Waals surface area contributed by atoms with E-state index in [1.54, 1.807) is 11.8 Å². The van der Waals surface area contributed by atoms with Crippen molar-refractivity contribution in [1.82, 2.24) is 10.2 Å². The highest BCUT2D eigenvalue weighted by molar-refractivity contribution is 5.84. The Balaban J connectivity index is 1.66. The number of rotatable bonds is 6. The van der Waals surface area contributed by atoms with Crippen molar-refractivity contribution in [2.45, 2.75) is 57.9 Å². The molecule has 0 radical (unpaired) electrons. The van der Waals surface area contributed by atoms with Crippen LogP contribution in [0.25, 0.3) is 0 Å². The molecule has 106 valence electrons. The molecule has 0 aliphatic heterocycles. The van der Waals surface area contributed by atoms with Crippen molar-refractivity contribution in [1.29, 1.82) is 0 Å². The fraction of sp³-hybridized carbons (Fsp3) is 0.733. The number of nitrogens with zero attached hydrogens (tertiary/aromatic N) is 1. The molecule has 0 bridgehead atoms. The van der Waals surface area contributed by atoms with Gasteiger partial charge in [0.05, 0.1) is 6.54 Å². The topological polar surface area (TPSA) is 49.4 Å². The first-order valence-electron chi connectivity index (χ1n) is 7.38. The number of amides is 2. The van der Waals surface area contributed by atoms with Gasteiger partial charge in [0.25, 0.3) is 0 Å². The number of carbonyl (C=O) groups excluding carboxylic acids is 2. The summed E-state index contributed by atoms with van der Waals surface area (Å²) in [5, 5.41) is 2.92. The van der Waals surface area contributed by atoms with Gasteiger partial charge < -0.3 is 10.2 Å². The van der Waals surface area contributed by atoms with E-state index >= 15 is 0 Å². The van der Waals surface area contributed by atoms with E-state index in [1.807, 2.05) is 0 Å². The van der Waals surface area contributed by atoms with E-state index in [2.05, 4.69) is 11.4 Å². The summed E-state index contributed by atoms with van der Waals surface area (Å²) in [5.74, 6) is -0.0221. The minimum Gasteiger partial charge on any atom is -0.354 e. The predicted octanol–water partition coefficient (Wildman–Crippen LogP) is 2.00. The molecule has 0 spiro atoms.